The molecule has 40 heavy (non-hydrogen) atoms. The molecule has 1 aliphatic heterocycles. The molecular formula is C32H31N3O4S. The van der Waals surface area contributed by atoms with E-state index in [-0.39, 0.29) is 18.1 Å². The number of nitrogens with one attached hydrogen (secondary N) is 1. The van der Waals surface area contributed by atoms with Gasteiger partial charge in [0.05, 0.1) is 17.4 Å². The van der Waals surface area contributed by atoms with Crippen LogP contribution in [0.15, 0.2) is 89.5 Å². The molecular weight excluding hydrogens is 522 g/mol. The maximum atomic E-state index is 13.7. The fourth-order valence-corrected chi connectivity index (χ4v) is 5.64. The molecule has 0 aromatic heterocycles. The van der Waals surface area contributed by atoms with E-state index in [1.807, 2.05) is 36.4 Å². The Morgan fingerprint density at radius 2 is 1.65 bits per heavy atom. The molecule has 1 fully saturated rings. The smallest absolute Gasteiger partial charge is 0.338 e. The van der Waals surface area contributed by atoms with Crippen LogP contribution in [0.5, 0.6) is 0 Å². The summed E-state index contributed by atoms with van der Waals surface area (Å²) in [6.45, 7) is 4.18. The van der Waals surface area contributed by atoms with Crippen molar-refractivity contribution < 1.29 is 19.1 Å². The molecule has 2 amide bonds. The molecule has 4 rings (SSSR count). The van der Waals surface area contributed by atoms with Crippen molar-refractivity contribution in [2.24, 2.45) is 0 Å². The molecule has 0 bridgehead atoms. The zero-order chi connectivity index (χ0) is 28.5. The first-order chi connectivity index (χ1) is 19.4. The van der Waals surface area contributed by atoms with Gasteiger partial charge < -0.3 is 10.1 Å². The number of rotatable bonds is 10. The van der Waals surface area contributed by atoms with Crippen LogP contribution < -0.4 is 10.2 Å². The van der Waals surface area contributed by atoms with Crippen LogP contribution in [0, 0.1) is 11.3 Å². The molecule has 0 radical (unpaired) electrons. The normalized spacial score (nSPS) is 15.9. The fourth-order valence-electron chi connectivity index (χ4n) is 4.33. The van der Waals surface area contributed by atoms with Crippen molar-refractivity contribution in [1.82, 2.24) is 0 Å². The molecule has 1 N–H and O–H groups in total. The Balaban J connectivity index is 1.60. The second-order valence-corrected chi connectivity index (χ2v) is 10.5. The van der Waals surface area contributed by atoms with Gasteiger partial charge in [0, 0.05) is 11.4 Å². The van der Waals surface area contributed by atoms with Crippen LogP contribution in [-0.2, 0) is 27.2 Å². The van der Waals surface area contributed by atoms with E-state index in [1.165, 1.54) is 22.2 Å². The number of unbranched alkanes of at least 4 members (excludes halogenated alkanes) is 1. The van der Waals surface area contributed by atoms with Gasteiger partial charge in [-0.2, -0.15) is 5.26 Å². The van der Waals surface area contributed by atoms with Crippen molar-refractivity contribution in [2.45, 2.75) is 44.8 Å². The van der Waals surface area contributed by atoms with E-state index in [0.717, 1.165) is 24.8 Å². The number of para-hydroxylation sites is 1. The maximum absolute atomic E-state index is 13.7. The lowest BCUT2D eigenvalue weighted by Crippen LogP contribution is -2.30. The highest BCUT2D eigenvalue weighted by Crippen LogP contribution is 2.42. The van der Waals surface area contributed by atoms with E-state index in [2.05, 4.69) is 12.2 Å². The summed E-state index contributed by atoms with van der Waals surface area (Å²) in [6.07, 6.45) is 3.52. The van der Waals surface area contributed by atoms with Crippen molar-refractivity contribution in [3.63, 3.8) is 0 Å². The van der Waals surface area contributed by atoms with Crippen LogP contribution in [-0.4, -0.2) is 29.6 Å². The van der Waals surface area contributed by atoms with E-state index < -0.39 is 17.1 Å². The molecule has 204 valence electrons. The minimum atomic E-state index is -0.570. The first kappa shape index (κ1) is 28.7. The number of thioether (sulfide) groups is 1. The SMILES string of the molecule is CCCCc1ccc(NC(=O)/C(C#N)=C2/S[C@@H](Cc3ccc(C(=O)OCC)cc3)C(=O)N2c2ccccc2)cc1. The number of hydrogen-bond donors (Lipinski definition) is 1. The van der Waals surface area contributed by atoms with Gasteiger partial charge in [-0.15, -0.1) is 0 Å². The van der Waals surface area contributed by atoms with Crippen LogP contribution in [0.25, 0.3) is 0 Å². The molecule has 7 nitrogen and oxygen atoms in total. The quantitative estimate of drug-likeness (QED) is 0.180. The van der Waals surface area contributed by atoms with Gasteiger partial charge in [-0.3, -0.25) is 14.5 Å². The lowest BCUT2D eigenvalue weighted by Gasteiger charge is -2.18. The minimum absolute atomic E-state index is 0.127. The van der Waals surface area contributed by atoms with Gasteiger partial charge in [-0.1, -0.05) is 67.6 Å². The Labute approximate surface area is 238 Å². The van der Waals surface area contributed by atoms with E-state index in [9.17, 15) is 19.6 Å². The zero-order valence-electron chi connectivity index (χ0n) is 22.6. The molecule has 1 saturated heterocycles. The van der Waals surface area contributed by atoms with Crippen molar-refractivity contribution in [3.8, 4) is 6.07 Å². The average Bonchev–Trinajstić information content (AvgIpc) is 3.28. The fraction of sp³-hybridized carbons (Fsp3) is 0.250. The maximum Gasteiger partial charge on any atom is 0.338 e. The third kappa shape index (κ3) is 6.80. The molecule has 8 heteroatoms. The van der Waals surface area contributed by atoms with Gasteiger partial charge in [0.1, 0.15) is 16.7 Å². The Kier molecular flexibility index (Phi) is 9.76. The predicted octanol–water partition coefficient (Wildman–Crippen LogP) is 6.27. The molecule has 0 spiro atoms. The van der Waals surface area contributed by atoms with Gasteiger partial charge >= 0.3 is 5.97 Å². The van der Waals surface area contributed by atoms with Crippen molar-refractivity contribution >= 4 is 40.9 Å². The number of hydrogen-bond acceptors (Lipinski definition) is 6. The van der Waals surface area contributed by atoms with E-state index >= 15 is 0 Å². The van der Waals surface area contributed by atoms with E-state index in [4.69, 9.17) is 4.74 Å². The Morgan fingerprint density at radius 3 is 2.27 bits per heavy atom. The van der Waals surface area contributed by atoms with Crippen LogP contribution in [0.2, 0.25) is 0 Å². The largest absolute Gasteiger partial charge is 0.462 e. The number of nitrogens with zero attached hydrogens (tertiary/aromatic N) is 2. The lowest BCUT2D eigenvalue weighted by atomic mass is 10.1. The number of carbonyl (C=O) groups is 3. The minimum Gasteiger partial charge on any atom is -0.462 e. The highest BCUT2D eigenvalue weighted by molar-refractivity contribution is 8.05. The Bertz CT molecular complexity index is 1430. The van der Waals surface area contributed by atoms with Crippen LogP contribution >= 0.6 is 11.8 Å². The summed E-state index contributed by atoms with van der Waals surface area (Å²) in [5.74, 6) is -1.19. The molecule has 1 aliphatic rings. The standard InChI is InChI=1S/C32H31N3O4S/c1-3-5-9-22-14-18-25(19-15-22)34-29(36)27(21-33)31-35(26-10-7-6-8-11-26)30(37)28(40-31)20-23-12-16-24(17-13-23)32(38)39-4-2/h6-8,10-19,28H,3-5,9,20H2,1-2H3,(H,34,36)/b31-27+/t28-/m0/s1. The average molecular weight is 554 g/mol. The van der Waals surface area contributed by atoms with Gasteiger partial charge in [0.2, 0.25) is 5.91 Å². The zero-order valence-corrected chi connectivity index (χ0v) is 23.4. The molecule has 1 heterocycles. The molecule has 1 atom stereocenters. The van der Waals surface area contributed by atoms with Gasteiger partial charge in [-0.25, -0.2) is 4.79 Å². The van der Waals surface area contributed by atoms with Crippen molar-refractivity contribution in [3.05, 3.63) is 106 Å². The second kappa shape index (κ2) is 13.6. The van der Waals surface area contributed by atoms with Crippen LogP contribution in [0.3, 0.4) is 0 Å². The Hall–Kier alpha value is -4.35. The molecule has 0 saturated carbocycles. The summed E-state index contributed by atoms with van der Waals surface area (Å²) in [5, 5.41) is 12.6. The first-order valence-corrected chi connectivity index (χ1v) is 14.2. The number of amides is 2. The van der Waals surface area contributed by atoms with Gasteiger partial charge in [0.25, 0.3) is 5.91 Å². The van der Waals surface area contributed by atoms with Crippen molar-refractivity contribution in [2.75, 3.05) is 16.8 Å². The monoisotopic (exact) mass is 553 g/mol. The molecule has 3 aromatic carbocycles. The summed E-state index contributed by atoms with van der Waals surface area (Å²) in [4.78, 5) is 40.4. The highest BCUT2D eigenvalue weighted by Gasteiger charge is 2.40. The first-order valence-electron chi connectivity index (χ1n) is 13.3. The Morgan fingerprint density at radius 1 is 0.975 bits per heavy atom. The second-order valence-electron chi connectivity index (χ2n) is 9.28. The highest BCUT2D eigenvalue weighted by atomic mass is 32.2. The number of aryl methyl sites for hydroxylation is 1. The van der Waals surface area contributed by atoms with Crippen molar-refractivity contribution in [1.29, 1.82) is 5.26 Å². The number of nitriles is 1. The third-order valence-electron chi connectivity index (χ3n) is 6.44. The van der Waals surface area contributed by atoms with E-state index in [1.54, 1.807) is 55.5 Å². The summed E-state index contributed by atoms with van der Waals surface area (Å²) in [5.41, 5.74) is 3.50. The van der Waals surface area contributed by atoms with E-state index in [0.29, 0.717) is 28.4 Å². The van der Waals surface area contributed by atoms with Crippen LogP contribution in [0.4, 0.5) is 11.4 Å². The molecule has 3 aromatic rings. The third-order valence-corrected chi connectivity index (χ3v) is 7.70. The summed E-state index contributed by atoms with van der Waals surface area (Å²) >= 11 is 1.20. The molecule has 0 aliphatic carbocycles. The van der Waals surface area contributed by atoms with Gasteiger partial charge in [-0.05, 0) is 73.7 Å². The summed E-state index contributed by atoms with van der Waals surface area (Å²) < 4.78 is 5.04. The van der Waals surface area contributed by atoms with Crippen LogP contribution in [0.1, 0.15) is 48.2 Å². The lowest BCUT2D eigenvalue weighted by molar-refractivity contribution is -0.117. The summed E-state index contributed by atoms with van der Waals surface area (Å²) in [7, 11) is 0. The predicted molar refractivity (Wildman–Crippen MR) is 158 cm³/mol. The topological polar surface area (TPSA) is 99.5 Å². The van der Waals surface area contributed by atoms with Gasteiger partial charge in [0.15, 0.2) is 0 Å². The number of ether oxygens (including phenoxy) is 1. The number of carbonyl (C=O) groups excluding carboxylic acids is 3. The number of benzene rings is 3. The number of anilines is 2. The number of esters is 1. The summed E-state index contributed by atoms with van der Waals surface area (Å²) in [6, 6.07) is 25.6. The molecule has 0 unspecified atom stereocenters.